The summed E-state index contributed by atoms with van der Waals surface area (Å²) in [6.45, 7) is 0. The fourth-order valence-electron chi connectivity index (χ4n) is 2.32. The van der Waals surface area contributed by atoms with Crippen LogP contribution in [0.15, 0.2) is 41.1 Å². The first kappa shape index (κ1) is 13.2. The molecule has 0 amide bonds. The van der Waals surface area contributed by atoms with Gasteiger partial charge in [0, 0.05) is 27.7 Å². The highest BCUT2D eigenvalue weighted by molar-refractivity contribution is 9.10. The first-order valence-electron chi connectivity index (χ1n) is 5.92. The van der Waals surface area contributed by atoms with Crippen molar-refractivity contribution < 1.29 is 0 Å². The molecule has 1 heterocycles. The average Bonchev–Trinajstić information content (AvgIpc) is 2.79. The van der Waals surface area contributed by atoms with Gasteiger partial charge in [0.25, 0.3) is 0 Å². The number of imidazole rings is 1. The van der Waals surface area contributed by atoms with Crippen molar-refractivity contribution in [2.45, 2.75) is 0 Å². The number of halogens is 2. The SMILES string of the molecule is Cn1cnc2cc(Br)c(-c3ccccc3Cl)c(C#N)c21. The lowest BCUT2D eigenvalue weighted by Crippen LogP contribution is -1.94. The largest absolute Gasteiger partial charge is 0.333 e. The number of aryl methyl sites for hydroxylation is 1. The summed E-state index contributed by atoms with van der Waals surface area (Å²) >= 11 is 9.80. The van der Waals surface area contributed by atoms with Crippen LogP contribution in [0.25, 0.3) is 22.2 Å². The minimum absolute atomic E-state index is 0.572. The molecule has 3 nitrogen and oxygen atoms in total. The van der Waals surface area contributed by atoms with Crippen LogP contribution < -0.4 is 0 Å². The van der Waals surface area contributed by atoms with E-state index in [0.717, 1.165) is 26.6 Å². The van der Waals surface area contributed by atoms with E-state index in [1.54, 1.807) is 6.33 Å². The van der Waals surface area contributed by atoms with Crippen LogP contribution in [0.3, 0.4) is 0 Å². The Kier molecular flexibility index (Phi) is 3.25. The fourth-order valence-corrected chi connectivity index (χ4v) is 3.18. The van der Waals surface area contributed by atoms with Crippen LogP contribution in [0, 0.1) is 11.3 Å². The van der Waals surface area contributed by atoms with Crippen LogP contribution in [0.1, 0.15) is 5.56 Å². The summed E-state index contributed by atoms with van der Waals surface area (Å²) in [6.07, 6.45) is 1.70. The molecule has 0 aliphatic rings. The summed E-state index contributed by atoms with van der Waals surface area (Å²) in [5.41, 5.74) is 3.80. The number of benzene rings is 2. The van der Waals surface area contributed by atoms with Gasteiger partial charge in [-0.1, -0.05) is 45.7 Å². The van der Waals surface area contributed by atoms with Crippen LogP contribution in [0.2, 0.25) is 5.02 Å². The van der Waals surface area contributed by atoms with E-state index in [4.69, 9.17) is 11.6 Å². The molecule has 0 aliphatic heterocycles. The Labute approximate surface area is 129 Å². The Balaban J connectivity index is 2.48. The summed E-state index contributed by atoms with van der Waals surface area (Å²) in [5.74, 6) is 0. The van der Waals surface area contributed by atoms with E-state index in [1.165, 1.54) is 0 Å². The van der Waals surface area contributed by atoms with Gasteiger partial charge in [0.05, 0.1) is 22.9 Å². The first-order chi connectivity index (χ1) is 9.63. The van der Waals surface area contributed by atoms with Crippen LogP contribution in [0.5, 0.6) is 0 Å². The standard InChI is InChI=1S/C15H9BrClN3/c1-20-8-19-13-6-11(16)14(10(7-18)15(13)20)9-4-2-3-5-12(9)17/h2-6,8H,1H3. The highest BCUT2D eigenvalue weighted by Crippen LogP contribution is 2.39. The third kappa shape index (κ3) is 1.91. The normalized spacial score (nSPS) is 10.7. The maximum Gasteiger partial charge on any atom is 0.102 e. The molecule has 0 bridgehead atoms. The number of rotatable bonds is 1. The van der Waals surface area contributed by atoms with E-state index in [9.17, 15) is 5.26 Å². The second-order valence-electron chi connectivity index (χ2n) is 4.42. The summed E-state index contributed by atoms with van der Waals surface area (Å²) < 4.78 is 2.66. The van der Waals surface area contributed by atoms with Crippen molar-refractivity contribution in [3.05, 3.63) is 51.7 Å². The Morgan fingerprint density at radius 1 is 1.35 bits per heavy atom. The predicted molar refractivity (Wildman–Crippen MR) is 83.6 cm³/mol. The van der Waals surface area contributed by atoms with E-state index in [0.29, 0.717) is 10.6 Å². The van der Waals surface area contributed by atoms with Crippen molar-refractivity contribution >= 4 is 38.6 Å². The fraction of sp³-hybridized carbons (Fsp3) is 0.0667. The molecule has 0 saturated heterocycles. The zero-order valence-corrected chi connectivity index (χ0v) is 12.9. The number of aromatic nitrogens is 2. The second kappa shape index (κ2) is 4.93. The molecule has 0 unspecified atom stereocenters. The summed E-state index contributed by atoms with van der Waals surface area (Å²) in [6, 6.07) is 11.7. The van der Waals surface area contributed by atoms with Gasteiger partial charge in [-0.25, -0.2) is 4.98 Å². The molecule has 1 aromatic heterocycles. The summed E-state index contributed by atoms with van der Waals surface area (Å²) in [7, 11) is 1.88. The first-order valence-corrected chi connectivity index (χ1v) is 7.09. The molecule has 3 aromatic rings. The molecule has 0 aliphatic carbocycles. The highest BCUT2D eigenvalue weighted by Gasteiger charge is 2.18. The maximum atomic E-state index is 9.58. The van der Waals surface area contributed by atoms with Crippen molar-refractivity contribution in [1.82, 2.24) is 9.55 Å². The molecular formula is C15H9BrClN3. The minimum atomic E-state index is 0.572. The number of fused-ring (bicyclic) bond motifs is 1. The van der Waals surface area contributed by atoms with E-state index < -0.39 is 0 Å². The van der Waals surface area contributed by atoms with Crippen molar-refractivity contribution in [1.29, 1.82) is 5.26 Å². The third-order valence-corrected chi connectivity index (χ3v) is 4.16. The average molecular weight is 347 g/mol. The topological polar surface area (TPSA) is 41.6 Å². The Morgan fingerprint density at radius 2 is 2.10 bits per heavy atom. The van der Waals surface area contributed by atoms with Gasteiger partial charge in [-0.3, -0.25) is 0 Å². The van der Waals surface area contributed by atoms with Gasteiger partial charge in [0.1, 0.15) is 6.07 Å². The Morgan fingerprint density at radius 3 is 2.80 bits per heavy atom. The van der Waals surface area contributed by atoms with Crippen LogP contribution in [-0.2, 0) is 7.05 Å². The number of hydrogen-bond acceptors (Lipinski definition) is 2. The van der Waals surface area contributed by atoms with Crippen molar-refractivity contribution in [3.63, 3.8) is 0 Å². The van der Waals surface area contributed by atoms with Gasteiger partial charge in [-0.15, -0.1) is 0 Å². The molecule has 0 atom stereocenters. The number of nitriles is 1. The zero-order valence-electron chi connectivity index (χ0n) is 10.6. The van der Waals surface area contributed by atoms with E-state index in [2.05, 4.69) is 27.0 Å². The zero-order chi connectivity index (χ0) is 14.3. The molecule has 20 heavy (non-hydrogen) atoms. The minimum Gasteiger partial charge on any atom is -0.333 e. The smallest absolute Gasteiger partial charge is 0.102 e. The molecule has 0 radical (unpaired) electrons. The van der Waals surface area contributed by atoms with Crippen LogP contribution >= 0.6 is 27.5 Å². The Hall–Kier alpha value is -1.83. The van der Waals surface area contributed by atoms with Gasteiger partial charge in [-0.2, -0.15) is 5.26 Å². The molecular weight excluding hydrogens is 338 g/mol. The van der Waals surface area contributed by atoms with Gasteiger partial charge in [-0.05, 0) is 12.1 Å². The van der Waals surface area contributed by atoms with E-state index >= 15 is 0 Å². The number of nitrogens with zero attached hydrogens (tertiary/aromatic N) is 3. The Bertz CT molecular complexity index is 861. The van der Waals surface area contributed by atoms with Crippen LogP contribution in [-0.4, -0.2) is 9.55 Å². The van der Waals surface area contributed by atoms with E-state index in [-0.39, 0.29) is 0 Å². The monoisotopic (exact) mass is 345 g/mol. The number of hydrogen-bond donors (Lipinski definition) is 0. The van der Waals surface area contributed by atoms with Gasteiger partial charge >= 0.3 is 0 Å². The maximum absolute atomic E-state index is 9.58. The molecule has 0 saturated carbocycles. The predicted octanol–water partition coefficient (Wildman–Crippen LogP) is 4.53. The molecule has 3 rings (SSSR count). The molecule has 0 fully saturated rings. The molecule has 0 N–H and O–H groups in total. The second-order valence-corrected chi connectivity index (χ2v) is 5.68. The molecule has 0 spiro atoms. The summed E-state index contributed by atoms with van der Waals surface area (Å²) in [4.78, 5) is 4.29. The van der Waals surface area contributed by atoms with Crippen molar-refractivity contribution in [3.8, 4) is 17.2 Å². The van der Waals surface area contributed by atoms with Crippen molar-refractivity contribution in [2.24, 2.45) is 7.05 Å². The quantitative estimate of drug-likeness (QED) is 0.649. The van der Waals surface area contributed by atoms with Gasteiger partial charge < -0.3 is 4.57 Å². The molecule has 5 heteroatoms. The molecule has 2 aromatic carbocycles. The lowest BCUT2D eigenvalue weighted by Gasteiger charge is -2.11. The lowest BCUT2D eigenvalue weighted by atomic mass is 9.99. The third-order valence-electron chi connectivity index (χ3n) is 3.21. The van der Waals surface area contributed by atoms with Gasteiger partial charge in [0.2, 0.25) is 0 Å². The van der Waals surface area contributed by atoms with Crippen molar-refractivity contribution in [2.75, 3.05) is 0 Å². The lowest BCUT2D eigenvalue weighted by molar-refractivity contribution is 0.946. The summed E-state index contributed by atoms with van der Waals surface area (Å²) in [5, 5.41) is 10.2. The van der Waals surface area contributed by atoms with Crippen LogP contribution in [0.4, 0.5) is 0 Å². The highest BCUT2D eigenvalue weighted by atomic mass is 79.9. The molecule has 98 valence electrons. The van der Waals surface area contributed by atoms with Gasteiger partial charge in [0.15, 0.2) is 0 Å². The van der Waals surface area contributed by atoms with E-state index in [1.807, 2.05) is 41.9 Å².